The predicted octanol–water partition coefficient (Wildman–Crippen LogP) is 2.48. The summed E-state index contributed by atoms with van der Waals surface area (Å²) in [5.74, 6) is 1.73. The molecule has 9 heteroatoms. The Labute approximate surface area is 193 Å². The number of methoxy groups -OCH3 is 1. The molecule has 170 valence electrons. The molecule has 5 rings (SSSR count). The van der Waals surface area contributed by atoms with Crippen LogP contribution < -0.4 is 20.3 Å². The molecule has 0 bridgehead atoms. The van der Waals surface area contributed by atoms with Crippen molar-refractivity contribution in [2.75, 3.05) is 57.6 Å². The molecular weight excluding hydrogens is 418 g/mol. The molecule has 0 saturated carbocycles. The monoisotopic (exact) mass is 445 g/mol. The fraction of sp³-hybridized carbons (Fsp3) is 0.292. The number of benzene rings is 2. The molecule has 0 aromatic heterocycles. The van der Waals surface area contributed by atoms with Crippen molar-refractivity contribution >= 4 is 34.8 Å². The summed E-state index contributed by atoms with van der Waals surface area (Å²) in [5, 5.41) is 6.26. The summed E-state index contributed by atoms with van der Waals surface area (Å²) < 4.78 is 5.69. The van der Waals surface area contributed by atoms with Gasteiger partial charge in [0.15, 0.2) is 5.84 Å². The molecular formula is C24H27N7O2. The van der Waals surface area contributed by atoms with Crippen LogP contribution in [-0.4, -0.2) is 74.9 Å². The van der Waals surface area contributed by atoms with Gasteiger partial charge in [0.2, 0.25) is 5.96 Å². The zero-order chi connectivity index (χ0) is 22.9. The van der Waals surface area contributed by atoms with Gasteiger partial charge in [0.1, 0.15) is 11.4 Å². The van der Waals surface area contributed by atoms with E-state index in [-0.39, 0.29) is 5.91 Å². The highest BCUT2D eigenvalue weighted by Crippen LogP contribution is 2.31. The third-order valence-electron chi connectivity index (χ3n) is 6.12. The molecule has 0 atom stereocenters. The van der Waals surface area contributed by atoms with Gasteiger partial charge in [0.25, 0.3) is 5.91 Å². The predicted molar refractivity (Wildman–Crippen MR) is 131 cm³/mol. The number of nitrogens with one attached hydrogen (secondary N) is 2. The summed E-state index contributed by atoms with van der Waals surface area (Å²) in [6, 6.07) is 13.4. The van der Waals surface area contributed by atoms with E-state index in [0.29, 0.717) is 28.7 Å². The summed E-state index contributed by atoms with van der Waals surface area (Å²) in [7, 11) is 5.68. The van der Waals surface area contributed by atoms with Crippen molar-refractivity contribution < 1.29 is 9.53 Å². The maximum atomic E-state index is 12.6. The molecule has 0 aliphatic carbocycles. The lowest BCUT2D eigenvalue weighted by molar-refractivity contribution is 0.0969. The average Bonchev–Trinajstić information content (AvgIpc) is 2.98. The van der Waals surface area contributed by atoms with Crippen LogP contribution in [0.5, 0.6) is 5.75 Å². The number of hydrogen-bond donors (Lipinski definition) is 2. The molecule has 0 spiro atoms. The largest absolute Gasteiger partial charge is 0.494 e. The second-order valence-electron chi connectivity index (χ2n) is 8.26. The van der Waals surface area contributed by atoms with E-state index in [4.69, 9.17) is 9.73 Å². The summed E-state index contributed by atoms with van der Waals surface area (Å²) in [5.41, 5.74) is 3.65. The molecule has 9 nitrogen and oxygen atoms in total. The molecule has 1 fully saturated rings. The lowest BCUT2D eigenvalue weighted by atomic mass is 10.2. The highest BCUT2D eigenvalue weighted by Gasteiger charge is 2.28. The van der Waals surface area contributed by atoms with E-state index in [1.807, 2.05) is 36.2 Å². The van der Waals surface area contributed by atoms with Gasteiger partial charge in [-0.2, -0.15) is 0 Å². The molecule has 2 N–H and O–H groups in total. The summed E-state index contributed by atoms with van der Waals surface area (Å²) in [4.78, 5) is 28.4. The molecule has 1 amide bonds. The average molecular weight is 446 g/mol. The number of rotatable bonds is 3. The Morgan fingerprint density at radius 3 is 2.64 bits per heavy atom. The van der Waals surface area contributed by atoms with Gasteiger partial charge in [-0.25, -0.2) is 9.98 Å². The van der Waals surface area contributed by atoms with Crippen LogP contribution in [0.3, 0.4) is 0 Å². The molecule has 2 aromatic rings. The Morgan fingerprint density at radius 2 is 1.85 bits per heavy atom. The molecule has 3 aliphatic heterocycles. The van der Waals surface area contributed by atoms with E-state index in [9.17, 15) is 4.79 Å². The number of amidine groups is 1. The first-order valence-corrected chi connectivity index (χ1v) is 10.9. The highest BCUT2D eigenvalue weighted by atomic mass is 16.5. The number of piperazine rings is 1. The van der Waals surface area contributed by atoms with Gasteiger partial charge in [-0.05, 0) is 31.3 Å². The molecule has 33 heavy (non-hydrogen) atoms. The number of carbonyl (C=O) groups excluding carboxylic acids is 1. The van der Waals surface area contributed by atoms with Crippen molar-refractivity contribution in [2.24, 2.45) is 9.98 Å². The maximum absolute atomic E-state index is 12.6. The molecule has 3 aliphatic rings. The summed E-state index contributed by atoms with van der Waals surface area (Å²) in [6.07, 6.45) is 1.62. The SMILES string of the molecule is COc1cc(N2CCN(C)CC2)ccc1NC1=NC=C2NC(=O)c3ccccc3N=C2N1C. The highest BCUT2D eigenvalue weighted by molar-refractivity contribution is 6.18. The topological polar surface area (TPSA) is 84.8 Å². The van der Waals surface area contributed by atoms with Crippen LogP contribution in [-0.2, 0) is 0 Å². The number of fused-ring (bicyclic) bond motifs is 2. The van der Waals surface area contributed by atoms with Crippen LogP contribution >= 0.6 is 0 Å². The summed E-state index contributed by atoms with van der Waals surface area (Å²) in [6.45, 7) is 4.06. The lowest BCUT2D eigenvalue weighted by Crippen LogP contribution is -2.44. The number of para-hydroxylation sites is 1. The number of amides is 1. The number of likely N-dealkylation sites (N-methyl/N-ethyl adjacent to an activating group) is 2. The van der Waals surface area contributed by atoms with Gasteiger partial charge in [-0.3, -0.25) is 9.69 Å². The Bertz CT molecular complexity index is 1180. The van der Waals surface area contributed by atoms with Crippen molar-refractivity contribution in [1.82, 2.24) is 15.1 Å². The third kappa shape index (κ3) is 4.03. The van der Waals surface area contributed by atoms with Crippen LogP contribution in [0.15, 0.2) is 64.3 Å². The number of aliphatic imine (C=N–C) groups is 2. The fourth-order valence-electron chi connectivity index (χ4n) is 4.12. The van der Waals surface area contributed by atoms with Crippen molar-refractivity contribution in [1.29, 1.82) is 0 Å². The Hall–Kier alpha value is -3.85. The molecule has 3 heterocycles. The first-order chi connectivity index (χ1) is 16.0. The number of nitrogens with zero attached hydrogens (tertiary/aromatic N) is 5. The Morgan fingerprint density at radius 1 is 1.06 bits per heavy atom. The molecule has 2 aromatic carbocycles. The van der Waals surface area contributed by atoms with Crippen LogP contribution in [0, 0.1) is 0 Å². The minimum atomic E-state index is -0.197. The zero-order valence-electron chi connectivity index (χ0n) is 19.0. The number of ether oxygens (including phenoxy) is 1. The quantitative estimate of drug-likeness (QED) is 0.755. The fourth-order valence-corrected chi connectivity index (χ4v) is 4.12. The molecule has 0 unspecified atom stereocenters. The van der Waals surface area contributed by atoms with Gasteiger partial charge in [0.05, 0.1) is 30.2 Å². The van der Waals surface area contributed by atoms with Crippen molar-refractivity contribution in [3.63, 3.8) is 0 Å². The smallest absolute Gasteiger partial charge is 0.257 e. The van der Waals surface area contributed by atoms with Crippen molar-refractivity contribution in [2.45, 2.75) is 0 Å². The Kier molecular flexibility index (Phi) is 5.47. The van der Waals surface area contributed by atoms with E-state index < -0.39 is 0 Å². The van der Waals surface area contributed by atoms with E-state index in [2.05, 4.69) is 44.6 Å². The van der Waals surface area contributed by atoms with Gasteiger partial charge in [-0.15, -0.1) is 0 Å². The first-order valence-electron chi connectivity index (χ1n) is 10.9. The van der Waals surface area contributed by atoms with Crippen LogP contribution in [0.4, 0.5) is 17.1 Å². The minimum Gasteiger partial charge on any atom is -0.494 e. The van der Waals surface area contributed by atoms with Gasteiger partial charge >= 0.3 is 0 Å². The lowest BCUT2D eigenvalue weighted by Gasteiger charge is -2.34. The Balaban J connectivity index is 1.41. The number of hydrogen-bond acceptors (Lipinski definition) is 8. The van der Waals surface area contributed by atoms with E-state index in [1.165, 1.54) is 0 Å². The van der Waals surface area contributed by atoms with E-state index >= 15 is 0 Å². The normalized spacial score (nSPS) is 18.3. The van der Waals surface area contributed by atoms with Gasteiger partial charge in [0, 0.05) is 45.0 Å². The second kappa shape index (κ2) is 8.59. The van der Waals surface area contributed by atoms with E-state index in [1.54, 1.807) is 19.4 Å². The van der Waals surface area contributed by atoms with Crippen molar-refractivity contribution in [3.8, 4) is 5.75 Å². The van der Waals surface area contributed by atoms with Crippen LogP contribution in [0.1, 0.15) is 10.4 Å². The number of anilines is 2. The maximum Gasteiger partial charge on any atom is 0.257 e. The third-order valence-corrected chi connectivity index (χ3v) is 6.12. The first kappa shape index (κ1) is 21.0. The molecule has 1 saturated heterocycles. The zero-order valence-corrected chi connectivity index (χ0v) is 19.0. The van der Waals surface area contributed by atoms with Crippen LogP contribution in [0.25, 0.3) is 0 Å². The minimum absolute atomic E-state index is 0.197. The van der Waals surface area contributed by atoms with Gasteiger partial charge in [-0.1, -0.05) is 12.1 Å². The van der Waals surface area contributed by atoms with Crippen LogP contribution in [0.2, 0.25) is 0 Å². The number of guanidine groups is 1. The van der Waals surface area contributed by atoms with Gasteiger partial charge < -0.3 is 25.2 Å². The number of carbonyl (C=O) groups is 1. The van der Waals surface area contributed by atoms with E-state index in [0.717, 1.165) is 43.3 Å². The summed E-state index contributed by atoms with van der Waals surface area (Å²) >= 11 is 0. The molecule has 0 radical (unpaired) electrons. The van der Waals surface area contributed by atoms with Crippen molar-refractivity contribution in [3.05, 3.63) is 59.9 Å². The second-order valence-corrected chi connectivity index (χ2v) is 8.26. The standard InChI is InChI=1S/C24H27N7O2/c1-29-10-12-31(13-11-29)16-8-9-19(21(14-16)33-3)28-24-25-15-20-22(30(24)2)26-18-7-5-4-6-17(18)23(32)27-20/h4-9,14-15H,10-13H2,1-3H3,(H,25,28)(H,27,32).